The zero-order chi connectivity index (χ0) is 25.1. The van der Waals surface area contributed by atoms with Gasteiger partial charge in [-0.3, -0.25) is 4.79 Å². The second kappa shape index (κ2) is 10.1. The van der Waals surface area contributed by atoms with Crippen molar-refractivity contribution in [1.82, 2.24) is 14.5 Å². The summed E-state index contributed by atoms with van der Waals surface area (Å²) < 4.78 is 10.2. The van der Waals surface area contributed by atoms with Gasteiger partial charge in [0.15, 0.2) is 0 Å². The molecule has 0 saturated carbocycles. The first-order valence-corrected chi connectivity index (χ1v) is 12.3. The molecule has 8 heteroatoms. The number of nitrogens with zero attached hydrogens (tertiary/aromatic N) is 3. The van der Waals surface area contributed by atoms with E-state index in [9.17, 15) is 4.79 Å². The van der Waals surface area contributed by atoms with Crippen molar-refractivity contribution in [1.29, 1.82) is 0 Å². The monoisotopic (exact) mass is 495 g/mol. The summed E-state index contributed by atoms with van der Waals surface area (Å²) in [6.45, 7) is 2.14. The van der Waals surface area contributed by atoms with Gasteiger partial charge in [-0.25, -0.2) is 14.5 Å². The molecule has 0 aliphatic rings. The number of nitrogen functional groups attached to an aromatic ring is 1. The Labute approximate surface area is 213 Å². The molecule has 36 heavy (non-hydrogen) atoms. The fourth-order valence-electron chi connectivity index (χ4n) is 3.96. The Balaban J connectivity index is 1.51. The van der Waals surface area contributed by atoms with Gasteiger partial charge in [0.1, 0.15) is 5.69 Å². The van der Waals surface area contributed by atoms with Crippen molar-refractivity contribution in [2.45, 2.75) is 18.2 Å². The Morgan fingerprint density at radius 2 is 1.78 bits per heavy atom. The third-order valence-electron chi connectivity index (χ3n) is 5.90. The lowest BCUT2D eigenvalue weighted by Gasteiger charge is -2.13. The van der Waals surface area contributed by atoms with Crippen LogP contribution in [0.3, 0.4) is 0 Å². The van der Waals surface area contributed by atoms with Gasteiger partial charge in [0.25, 0.3) is 5.56 Å². The number of ether oxygens (including phenoxy) is 1. The molecule has 5 aromatic rings. The number of para-hydroxylation sites is 1. The molecule has 180 valence electrons. The Morgan fingerprint density at radius 1 is 1.00 bits per heavy atom. The first-order chi connectivity index (χ1) is 17.6. The van der Waals surface area contributed by atoms with Gasteiger partial charge in [-0.2, -0.15) is 0 Å². The fourth-order valence-corrected chi connectivity index (χ4v) is 4.61. The van der Waals surface area contributed by atoms with E-state index in [1.807, 2.05) is 48.5 Å². The summed E-state index contributed by atoms with van der Waals surface area (Å²) in [5.41, 5.74) is 10.8. The van der Waals surface area contributed by atoms with Crippen molar-refractivity contribution in [3.63, 3.8) is 0 Å². The first-order valence-electron chi connectivity index (χ1n) is 11.5. The number of nitrogens with two attached hydrogens (primary N) is 1. The van der Waals surface area contributed by atoms with Crippen molar-refractivity contribution < 1.29 is 4.74 Å². The van der Waals surface area contributed by atoms with E-state index in [1.54, 1.807) is 19.4 Å². The molecule has 0 spiro atoms. The van der Waals surface area contributed by atoms with Crippen molar-refractivity contribution in [3.05, 3.63) is 101 Å². The molecular formula is C28H25N5O2S. The van der Waals surface area contributed by atoms with E-state index in [0.29, 0.717) is 22.5 Å². The van der Waals surface area contributed by atoms with Crippen LogP contribution in [-0.2, 0) is 6.42 Å². The van der Waals surface area contributed by atoms with Crippen molar-refractivity contribution >= 4 is 34.5 Å². The minimum absolute atomic E-state index is 0.146. The van der Waals surface area contributed by atoms with E-state index in [2.05, 4.69) is 45.9 Å². The average Bonchev–Trinajstić information content (AvgIpc) is 2.92. The summed E-state index contributed by atoms with van der Waals surface area (Å²) in [6, 6.07) is 25.2. The van der Waals surface area contributed by atoms with Crippen LogP contribution in [0.2, 0.25) is 0 Å². The van der Waals surface area contributed by atoms with Gasteiger partial charge in [-0.05, 0) is 72.0 Å². The number of methoxy groups -OCH3 is 1. The molecule has 3 N–H and O–H groups in total. The van der Waals surface area contributed by atoms with Gasteiger partial charge < -0.3 is 15.2 Å². The van der Waals surface area contributed by atoms with Crippen molar-refractivity contribution in [2.75, 3.05) is 17.6 Å². The number of aryl methyl sites for hydroxylation is 1. The molecule has 7 nitrogen and oxygen atoms in total. The van der Waals surface area contributed by atoms with Crippen molar-refractivity contribution in [2.24, 2.45) is 0 Å². The van der Waals surface area contributed by atoms with Crippen LogP contribution < -0.4 is 20.8 Å². The quantitative estimate of drug-likeness (QED) is 0.279. The predicted molar refractivity (Wildman–Crippen MR) is 147 cm³/mol. The maximum absolute atomic E-state index is 13.4. The Hall–Kier alpha value is -4.30. The molecular weight excluding hydrogens is 470 g/mol. The second-order valence-corrected chi connectivity index (χ2v) is 9.04. The van der Waals surface area contributed by atoms with E-state index >= 15 is 0 Å². The van der Waals surface area contributed by atoms with Crippen LogP contribution in [0, 0.1) is 0 Å². The topological polar surface area (TPSA) is 95.1 Å². The smallest absolute Gasteiger partial charge is 0.267 e. The molecule has 5 rings (SSSR count). The average molecular weight is 496 g/mol. The lowest BCUT2D eigenvalue weighted by Crippen LogP contribution is -2.23. The molecule has 0 unspecified atom stereocenters. The molecule has 0 aliphatic carbocycles. The lowest BCUT2D eigenvalue weighted by molar-refractivity contribution is 0.400. The van der Waals surface area contributed by atoms with Crippen LogP contribution in [0.15, 0.2) is 94.7 Å². The normalized spacial score (nSPS) is 10.9. The molecule has 3 aromatic carbocycles. The van der Waals surface area contributed by atoms with Gasteiger partial charge in [0.05, 0.1) is 23.7 Å². The molecule has 0 atom stereocenters. The van der Waals surface area contributed by atoms with E-state index in [0.717, 1.165) is 28.1 Å². The van der Waals surface area contributed by atoms with E-state index in [4.69, 9.17) is 10.5 Å². The summed E-state index contributed by atoms with van der Waals surface area (Å²) in [5.74, 6) is 0.631. The van der Waals surface area contributed by atoms with Crippen LogP contribution in [0.25, 0.3) is 27.7 Å². The molecule has 0 radical (unpaired) electrons. The highest BCUT2D eigenvalue weighted by atomic mass is 32.2. The summed E-state index contributed by atoms with van der Waals surface area (Å²) in [5, 5.41) is 0.473. The Kier molecular flexibility index (Phi) is 6.60. The minimum atomic E-state index is -0.226. The van der Waals surface area contributed by atoms with E-state index in [1.165, 1.54) is 22.1 Å². The Bertz CT molecular complexity index is 1580. The van der Waals surface area contributed by atoms with Gasteiger partial charge in [-0.15, -0.1) is 0 Å². The van der Waals surface area contributed by atoms with Crippen LogP contribution in [0.1, 0.15) is 12.5 Å². The molecule has 0 amide bonds. The van der Waals surface area contributed by atoms with Gasteiger partial charge in [-0.1, -0.05) is 43.3 Å². The summed E-state index contributed by atoms with van der Waals surface area (Å²) in [7, 11) is 1.59. The Morgan fingerprint density at radius 3 is 2.50 bits per heavy atom. The summed E-state index contributed by atoms with van der Waals surface area (Å²) >= 11 is 1.49. The van der Waals surface area contributed by atoms with Crippen LogP contribution >= 0.6 is 11.9 Å². The predicted octanol–water partition coefficient (Wildman–Crippen LogP) is 5.72. The summed E-state index contributed by atoms with van der Waals surface area (Å²) in [4.78, 5) is 23.4. The van der Waals surface area contributed by atoms with Crippen LogP contribution in [-0.4, -0.2) is 21.6 Å². The van der Waals surface area contributed by atoms with Crippen LogP contribution in [0.4, 0.5) is 11.6 Å². The molecule has 0 aliphatic heterocycles. The lowest BCUT2D eigenvalue weighted by atomic mass is 10.0. The minimum Gasteiger partial charge on any atom is -0.480 e. The number of anilines is 2. The molecule has 0 fully saturated rings. The highest BCUT2D eigenvalue weighted by Gasteiger charge is 2.13. The zero-order valence-electron chi connectivity index (χ0n) is 19.9. The van der Waals surface area contributed by atoms with Gasteiger partial charge >= 0.3 is 0 Å². The second-order valence-electron chi connectivity index (χ2n) is 8.16. The van der Waals surface area contributed by atoms with E-state index in [-0.39, 0.29) is 11.5 Å². The van der Waals surface area contributed by atoms with E-state index < -0.39 is 0 Å². The zero-order valence-corrected chi connectivity index (χ0v) is 20.8. The number of rotatable bonds is 7. The number of pyridine rings is 1. The highest BCUT2D eigenvalue weighted by Crippen LogP contribution is 2.32. The largest absolute Gasteiger partial charge is 0.480 e. The molecule has 0 bridgehead atoms. The first kappa shape index (κ1) is 23.4. The molecule has 2 heterocycles. The standard InChI is InChI=1S/C28H25N5O2S/c1-3-18-9-12-22(13-10-18)36-32-25-16-20(17-30-26(25)35-2)19-11-14-24-23(15-19)27(34)33(28(29)31-24)21-7-5-4-6-8-21/h4-17,32H,3H2,1-2H3,(H2,29,31). The molecule has 0 saturated heterocycles. The van der Waals surface area contributed by atoms with Crippen molar-refractivity contribution in [3.8, 4) is 22.7 Å². The number of aromatic nitrogens is 3. The number of benzene rings is 3. The van der Waals surface area contributed by atoms with Gasteiger partial charge in [0, 0.05) is 16.7 Å². The SMILES string of the molecule is CCc1ccc(SNc2cc(-c3ccc4nc(N)n(-c5ccccc5)c(=O)c4c3)cnc2OC)cc1. The fraction of sp³-hybridized carbons (Fsp3) is 0.107. The highest BCUT2D eigenvalue weighted by molar-refractivity contribution is 8.00. The third kappa shape index (κ3) is 4.63. The maximum atomic E-state index is 13.4. The number of hydrogen-bond donors (Lipinski definition) is 2. The maximum Gasteiger partial charge on any atom is 0.267 e. The molecule has 2 aromatic heterocycles. The van der Waals surface area contributed by atoms with Crippen LogP contribution in [0.5, 0.6) is 5.88 Å². The number of fused-ring (bicyclic) bond motifs is 1. The summed E-state index contributed by atoms with van der Waals surface area (Å²) in [6.07, 6.45) is 2.73. The number of nitrogens with one attached hydrogen (secondary N) is 1. The van der Waals surface area contributed by atoms with Gasteiger partial charge in [0.2, 0.25) is 11.8 Å². The third-order valence-corrected chi connectivity index (χ3v) is 6.73. The number of hydrogen-bond acceptors (Lipinski definition) is 7.